The molecule has 0 N–H and O–H groups in total. The zero-order valence-electron chi connectivity index (χ0n) is 11.6. The van der Waals surface area contributed by atoms with Crippen LogP contribution in [0, 0.1) is 15.9 Å². The van der Waals surface area contributed by atoms with E-state index in [9.17, 15) is 14.5 Å². The summed E-state index contributed by atoms with van der Waals surface area (Å²) in [5.41, 5.74) is 0.592. The van der Waals surface area contributed by atoms with Crippen LogP contribution in [0.25, 0.3) is 0 Å². The molecule has 0 heterocycles. The Morgan fingerprint density at radius 2 is 2.00 bits per heavy atom. The standard InChI is InChI=1S/C15H14FNO4/c1-3-10-5-4-6-13(15(10)20-2)21-14-9-11(16)7-8-12(14)17(18)19/h4-9H,3H2,1-2H3. The maximum atomic E-state index is 13.3. The number of nitro groups is 1. The third-order valence-corrected chi connectivity index (χ3v) is 2.98. The molecule has 0 aliphatic heterocycles. The van der Waals surface area contributed by atoms with Crippen LogP contribution < -0.4 is 9.47 Å². The number of benzene rings is 2. The van der Waals surface area contributed by atoms with Gasteiger partial charge in [-0.05, 0) is 24.1 Å². The molecule has 0 fully saturated rings. The van der Waals surface area contributed by atoms with Crippen molar-refractivity contribution in [3.63, 3.8) is 0 Å². The largest absolute Gasteiger partial charge is 0.493 e. The number of nitro benzene ring substituents is 1. The van der Waals surface area contributed by atoms with Gasteiger partial charge in [0.1, 0.15) is 5.82 Å². The van der Waals surface area contributed by atoms with Crippen LogP contribution in [0.2, 0.25) is 0 Å². The van der Waals surface area contributed by atoms with Gasteiger partial charge in [-0.1, -0.05) is 19.1 Å². The SMILES string of the molecule is CCc1cccc(Oc2cc(F)ccc2[N+](=O)[O-])c1OC. The van der Waals surface area contributed by atoms with Crippen molar-refractivity contribution in [1.82, 2.24) is 0 Å². The highest BCUT2D eigenvalue weighted by molar-refractivity contribution is 5.53. The van der Waals surface area contributed by atoms with Gasteiger partial charge in [-0.3, -0.25) is 10.1 Å². The Kier molecular flexibility index (Phi) is 4.37. The first kappa shape index (κ1) is 14.8. The van der Waals surface area contributed by atoms with Crippen molar-refractivity contribution in [2.24, 2.45) is 0 Å². The van der Waals surface area contributed by atoms with E-state index in [1.807, 2.05) is 13.0 Å². The molecule has 0 unspecified atom stereocenters. The van der Waals surface area contributed by atoms with Crippen LogP contribution in [0.1, 0.15) is 12.5 Å². The van der Waals surface area contributed by atoms with Crippen LogP contribution in [0.5, 0.6) is 17.2 Å². The minimum Gasteiger partial charge on any atom is -0.493 e. The topological polar surface area (TPSA) is 61.6 Å². The van der Waals surface area contributed by atoms with E-state index in [0.29, 0.717) is 17.9 Å². The molecule has 0 saturated carbocycles. The van der Waals surface area contributed by atoms with Crippen molar-refractivity contribution < 1.29 is 18.8 Å². The van der Waals surface area contributed by atoms with Crippen molar-refractivity contribution >= 4 is 5.69 Å². The van der Waals surface area contributed by atoms with Gasteiger partial charge in [0, 0.05) is 12.1 Å². The van der Waals surface area contributed by atoms with Crippen molar-refractivity contribution in [3.8, 4) is 17.2 Å². The molecular formula is C15H14FNO4. The van der Waals surface area contributed by atoms with E-state index in [1.165, 1.54) is 7.11 Å². The molecule has 21 heavy (non-hydrogen) atoms. The molecule has 0 aliphatic carbocycles. The summed E-state index contributed by atoms with van der Waals surface area (Å²) < 4.78 is 24.1. The van der Waals surface area contributed by atoms with E-state index in [-0.39, 0.29) is 11.4 Å². The monoisotopic (exact) mass is 291 g/mol. The molecule has 0 atom stereocenters. The molecule has 2 rings (SSSR count). The predicted octanol–water partition coefficient (Wildman–Crippen LogP) is 4.10. The Bertz CT molecular complexity index is 673. The van der Waals surface area contributed by atoms with E-state index in [4.69, 9.17) is 9.47 Å². The lowest BCUT2D eigenvalue weighted by molar-refractivity contribution is -0.385. The van der Waals surface area contributed by atoms with Crippen LogP contribution in [0.15, 0.2) is 36.4 Å². The Morgan fingerprint density at radius 3 is 2.62 bits per heavy atom. The summed E-state index contributed by atoms with van der Waals surface area (Å²) in [5.74, 6) is 0.0249. The maximum Gasteiger partial charge on any atom is 0.311 e. The summed E-state index contributed by atoms with van der Waals surface area (Å²) in [4.78, 5) is 10.4. The van der Waals surface area contributed by atoms with E-state index >= 15 is 0 Å². The molecule has 0 saturated heterocycles. The lowest BCUT2D eigenvalue weighted by Crippen LogP contribution is -1.98. The van der Waals surface area contributed by atoms with Gasteiger partial charge in [-0.2, -0.15) is 0 Å². The number of nitrogens with zero attached hydrogens (tertiary/aromatic N) is 1. The second-order valence-electron chi connectivity index (χ2n) is 4.27. The number of aryl methyl sites for hydroxylation is 1. The first-order valence-corrected chi connectivity index (χ1v) is 6.34. The van der Waals surface area contributed by atoms with Gasteiger partial charge >= 0.3 is 5.69 Å². The number of hydrogen-bond donors (Lipinski definition) is 0. The minimum absolute atomic E-state index is 0.161. The van der Waals surface area contributed by atoms with Crippen molar-refractivity contribution in [3.05, 3.63) is 57.9 Å². The minimum atomic E-state index is -0.620. The third kappa shape index (κ3) is 3.10. The quantitative estimate of drug-likeness (QED) is 0.614. The van der Waals surface area contributed by atoms with Gasteiger partial charge in [0.15, 0.2) is 11.5 Å². The lowest BCUT2D eigenvalue weighted by atomic mass is 10.1. The molecule has 0 bridgehead atoms. The summed E-state index contributed by atoms with van der Waals surface area (Å²) in [6.45, 7) is 1.95. The Morgan fingerprint density at radius 1 is 1.24 bits per heavy atom. The molecule has 110 valence electrons. The van der Waals surface area contributed by atoms with Crippen molar-refractivity contribution in [2.75, 3.05) is 7.11 Å². The molecule has 0 spiro atoms. The summed E-state index contributed by atoms with van der Waals surface area (Å²) in [5, 5.41) is 11.0. The van der Waals surface area contributed by atoms with E-state index in [1.54, 1.807) is 12.1 Å². The van der Waals surface area contributed by atoms with Crippen LogP contribution in [0.4, 0.5) is 10.1 Å². The fourth-order valence-electron chi connectivity index (χ4n) is 1.99. The highest BCUT2D eigenvalue weighted by Gasteiger charge is 2.19. The molecule has 0 aromatic heterocycles. The Labute approximate surface area is 121 Å². The fraction of sp³-hybridized carbons (Fsp3) is 0.200. The van der Waals surface area contributed by atoms with Gasteiger partial charge in [0.25, 0.3) is 0 Å². The lowest BCUT2D eigenvalue weighted by Gasteiger charge is -2.13. The second-order valence-corrected chi connectivity index (χ2v) is 4.27. The molecule has 0 amide bonds. The van der Waals surface area contributed by atoms with Crippen molar-refractivity contribution in [2.45, 2.75) is 13.3 Å². The zero-order valence-corrected chi connectivity index (χ0v) is 11.6. The van der Waals surface area contributed by atoms with Gasteiger partial charge in [-0.15, -0.1) is 0 Å². The van der Waals surface area contributed by atoms with Crippen LogP contribution in [-0.2, 0) is 6.42 Å². The third-order valence-electron chi connectivity index (χ3n) is 2.98. The van der Waals surface area contributed by atoms with E-state index < -0.39 is 10.7 Å². The highest BCUT2D eigenvalue weighted by atomic mass is 19.1. The normalized spacial score (nSPS) is 10.2. The van der Waals surface area contributed by atoms with Crippen molar-refractivity contribution in [1.29, 1.82) is 0 Å². The molecule has 2 aromatic carbocycles. The number of halogens is 1. The van der Waals surface area contributed by atoms with E-state index in [2.05, 4.69) is 0 Å². The van der Waals surface area contributed by atoms with Gasteiger partial charge in [-0.25, -0.2) is 4.39 Å². The number of ether oxygens (including phenoxy) is 2. The van der Waals surface area contributed by atoms with Crippen LogP contribution in [0.3, 0.4) is 0 Å². The molecule has 6 heteroatoms. The predicted molar refractivity (Wildman–Crippen MR) is 75.5 cm³/mol. The number of hydrogen-bond acceptors (Lipinski definition) is 4. The van der Waals surface area contributed by atoms with Gasteiger partial charge in [0.2, 0.25) is 5.75 Å². The Hall–Kier alpha value is -2.63. The first-order chi connectivity index (χ1) is 10.1. The van der Waals surface area contributed by atoms with Crippen LogP contribution >= 0.6 is 0 Å². The molecule has 2 aromatic rings. The summed E-state index contributed by atoms with van der Waals surface area (Å²) in [6.07, 6.45) is 0.714. The summed E-state index contributed by atoms with van der Waals surface area (Å²) >= 11 is 0. The van der Waals surface area contributed by atoms with Crippen LogP contribution in [-0.4, -0.2) is 12.0 Å². The summed E-state index contributed by atoms with van der Waals surface area (Å²) in [6, 6.07) is 8.31. The van der Waals surface area contributed by atoms with Gasteiger partial charge < -0.3 is 9.47 Å². The number of rotatable bonds is 5. The fourth-order valence-corrected chi connectivity index (χ4v) is 1.99. The molecular weight excluding hydrogens is 277 g/mol. The maximum absolute atomic E-state index is 13.3. The first-order valence-electron chi connectivity index (χ1n) is 6.34. The second kappa shape index (κ2) is 6.21. The molecule has 0 aliphatic rings. The molecule has 0 radical (unpaired) electrons. The zero-order chi connectivity index (χ0) is 15.4. The summed E-state index contributed by atoms with van der Waals surface area (Å²) in [7, 11) is 1.49. The smallest absolute Gasteiger partial charge is 0.311 e. The average molecular weight is 291 g/mol. The molecule has 5 nitrogen and oxygen atoms in total. The highest BCUT2D eigenvalue weighted by Crippen LogP contribution is 2.38. The Balaban J connectivity index is 2.47. The number of methoxy groups -OCH3 is 1. The van der Waals surface area contributed by atoms with E-state index in [0.717, 1.165) is 23.8 Å². The average Bonchev–Trinajstić information content (AvgIpc) is 2.46. The number of para-hydroxylation sites is 1. The van der Waals surface area contributed by atoms with Gasteiger partial charge in [0.05, 0.1) is 12.0 Å².